The normalized spacial score (nSPS) is 13.5. The van der Waals surface area contributed by atoms with E-state index in [9.17, 15) is 4.79 Å². The number of nitrogens with zero attached hydrogens (tertiary/aromatic N) is 1. The molecule has 1 amide bonds. The highest BCUT2D eigenvalue weighted by Crippen LogP contribution is 2.18. The van der Waals surface area contributed by atoms with E-state index in [-0.39, 0.29) is 17.7 Å². The Morgan fingerprint density at radius 3 is 2.43 bits per heavy atom. The molecule has 0 fully saturated rings. The molecule has 1 rings (SSSR count). The largest absolute Gasteiger partial charge is 0.444 e. The van der Waals surface area contributed by atoms with E-state index in [1.54, 1.807) is 6.20 Å². The summed E-state index contributed by atoms with van der Waals surface area (Å²) in [6.07, 6.45) is 4.92. The van der Waals surface area contributed by atoms with Crippen LogP contribution in [-0.2, 0) is 4.74 Å². The fourth-order valence-corrected chi connectivity index (χ4v) is 2.34. The Morgan fingerprint density at radius 2 is 1.96 bits per heavy atom. The molecule has 0 aliphatic rings. The van der Waals surface area contributed by atoms with Gasteiger partial charge in [-0.2, -0.15) is 0 Å². The maximum absolute atomic E-state index is 12.1. The highest BCUT2D eigenvalue weighted by atomic mass is 16.6. The van der Waals surface area contributed by atoms with Crippen LogP contribution >= 0.6 is 0 Å². The van der Waals surface area contributed by atoms with Crippen LogP contribution < -0.4 is 10.6 Å². The van der Waals surface area contributed by atoms with Gasteiger partial charge in [-0.05, 0) is 52.2 Å². The summed E-state index contributed by atoms with van der Waals surface area (Å²) in [7, 11) is 0. The molecule has 0 saturated carbocycles. The molecule has 0 spiro atoms. The molecule has 0 aromatic carbocycles. The van der Waals surface area contributed by atoms with Gasteiger partial charge in [-0.15, -0.1) is 0 Å². The fourth-order valence-electron chi connectivity index (χ4n) is 2.34. The minimum absolute atomic E-state index is 0.168. The minimum atomic E-state index is -0.492. The van der Waals surface area contributed by atoms with Crippen LogP contribution in [0.15, 0.2) is 24.5 Å². The Bertz CT molecular complexity index is 479. The first kappa shape index (κ1) is 19.4. The molecule has 23 heavy (non-hydrogen) atoms. The maximum atomic E-state index is 12.1. The topological polar surface area (TPSA) is 63.2 Å². The highest BCUT2D eigenvalue weighted by Gasteiger charge is 2.30. The predicted molar refractivity (Wildman–Crippen MR) is 93.3 cm³/mol. The lowest BCUT2D eigenvalue weighted by Crippen LogP contribution is -2.55. The van der Waals surface area contributed by atoms with Gasteiger partial charge in [0.1, 0.15) is 5.60 Å². The Kier molecular flexibility index (Phi) is 7.01. The number of carbonyl (C=O) groups excluding carboxylic acids is 1. The molecule has 2 N–H and O–H groups in total. The Labute approximate surface area is 140 Å². The van der Waals surface area contributed by atoms with Crippen LogP contribution in [0.2, 0.25) is 0 Å². The van der Waals surface area contributed by atoms with Gasteiger partial charge in [0.25, 0.3) is 0 Å². The second-order valence-corrected chi connectivity index (χ2v) is 7.00. The van der Waals surface area contributed by atoms with Gasteiger partial charge in [-0.3, -0.25) is 4.98 Å². The molecule has 0 aliphatic carbocycles. The summed E-state index contributed by atoms with van der Waals surface area (Å²) in [4.78, 5) is 16.3. The smallest absolute Gasteiger partial charge is 0.408 e. The van der Waals surface area contributed by atoms with Crippen molar-refractivity contribution in [3.63, 3.8) is 0 Å². The number of pyridine rings is 1. The number of hydrogen-bond donors (Lipinski definition) is 2. The molecule has 130 valence electrons. The van der Waals surface area contributed by atoms with Crippen molar-refractivity contribution >= 4 is 6.09 Å². The fraction of sp³-hybridized carbons (Fsp3) is 0.667. The summed E-state index contributed by atoms with van der Waals surface area (Å²) in [6.45, 7) is 12.5. The Hall–Kier alpha value is -1.62. The lowest BCUT2D eigenvalue weighted by molar-refractivity contribution is 0.0444. The van der Waals surface area contributed by atoms with Crippen molar-refractivity contribution in [1.82, 2.24) is 15.6 Å². The van der Waals surface area contributed by atoms with Crippen LogP contribution in [-0.4, -0.2) is 28.8 Å². The zero-order valence-corrected chi connectivity index (χ0v) is 15.3. The van der Waals surface area contributed by atoms with E-state index >= 15 is 0 Å². The van der Waals surface area contributed by atoms with Gasteiger partial charge >= 0.3 is 6.09 Å². The molecular formula is C18H31N3O2. The maximum Gasteiger partial charge on any atom is 0.408 e. The van der Waals surface area contributed by atoms with Crippen molar-refractivity contribution in [3.05, 3.63) is 30.1 Å². The van der Waals surface area contributed by atoms with Gasteiger partial charge in [0.05, 0.1) is 5.54 Å². The Morgan fingerprint density at radius 1 is 1.30 bits per heavy atom. The Balaban J connectivity index is 2.68. The lowest BCUT2D eigenvalue weighted by Gasteiger charge is -2.35. The second-order valence-electron chi connectivity index (χ2n) is 7.00. The summed E-state index contributed by atoms with van der Waals surface area (Å²) >= 11 is 0. The molecule has 0 radical (unpaired) electrons. The standard InChI is InChI=1S/C18H31N3O2/c1-7-18(8-2,21-16(22)23-17(4,5)6)13-20-14(3)15-10-9-11-19-12-15/h9-12,14,20H,7-8,13H2,1-6H3,(H,21,22). The average molecular weight is 321 g/mol. The van der Waals surface area contributed by atoms with E-state index in [1.807, 2.05) is 39.1 Å². The number of hydrogen-bond acceptors (Lipinski definition) is 4. The van der Waals surface area contributed by atoms with Crippen LogP contribution in [0.5, 0.6) is 0 Å². The lowest BCUT2D eigenvalue weighted by atomic mass is 9.92. The molecule has 5 nitrogen and oxygen atoms in total. The van der Waals surface area contributed by atoms with Gasteiger partial charge in [-0.1, -0.05) is 19.9 Å². The number of aromatic nitrogens is 1. The van der Waals surface area contributed by atoms with Crippen molar-refractivity contribution in [3.8, 4) is 0 Å². The first-order chi connectivity index (χ1) is 10.7. The summed E-state index contributed by atoms with van der Waals surface area (Å²) < 4.78 is 5.40. The summed E-state index contributed by atoms with van der Waals surface area (Å²) in [6, 6.07) is 4.15. The van der Waals surface area contributed by atoms with Crippen LogP contribution in [0.1, 0.15) is 66.0 Å². The van der Waals surface area contributed by atoms with E-state index in [0.29, 0.717) is 6.54 Å². The zero-order valence-electron chi connectivity index (χ0n) is 15.3. The van der Waals surface area contributed by atoms with Crippen molar-refractivity contribution in [2.45, 2.75) is 71.6 Å². The molecule has 0 saturated heterocycles. The van der Waals surface area contributed by atoms with Crippen molar-refractivity contribution in [2.75, 3.05) is 6.54 Å². The van der Waals surface area contributed by atoms with E-state index in [0.717, 1.165) is 18.4 Å². The molecule has 1 aromatic heterocycles. The first-order valence-electron chi connectivity index (χ1n) is 8.36. The molecule has 1 heterocycles. The van der Waals surface area contributed by atoms with Gasteiger partial charge in [0, 0.05) is 25.0 Å². The molecule has 0 bridgehead atoms. The molecule has 1 atom stereocenters. The minimum Gasteiger partial charge on any atom is -0.444 e. The summed E-state index contributed by atoms with van der Waals surface area (Å²) in [5, 5.41) is 6.55. The third kappa shape index (κ3) is 6.57. The summed E-state index contributed by atoms with van der Waals surface area (Å²) in [5.74, 6) is 0. The van der Waals surface area contributed by atoms with Gasteiger partial charge in [0.15, 0.2) is 0 Å². The molecule has 5 heteroatoms. The zero-order chi connectivity index (χ0) is 17.5. The third-order valence-electron chi connectivity index (χ3n) is 4.05. The van der Waals surface area contributed by atoms with Crippen molar-refractivity contribution < 1.29 is 9.53 Å². The number of ether oxygens (including phenoxy) is 1. The monoisotopic (exact) mass is 321 g/mol. The third-order valence-corrected chi connectivity index (χ3v) is 4.05. The number of alkyl carbamates (subject to hydrolysis) is 1. The van der Waals surface area contributed by atoms with E-state index in [2.05, 4.69) is 36.4 Å². The summed E-state index contributed by atoms with van der Waals surface area (Å²) in [5.41, 5.74) is 0.317. The quantitative estimate of drug-likeness (QED) is 0.801. The van der Waals surface area contributed by atoms with Crippen LogP contribution in [0, 0.1) is 0 Å². The number of rotatable bonds is 7. The van der Waals surface area contributed by atoms with Crippen molar-refractivity contribution in [2.24, 2.45) is 0 Å². The molecule has 1 unspecified atom stereocenters. The van der Waals surface area contributed by atoms with Crippen LogP contribution in [0.25, 0.3) is 0 Å². The molecule has 1 aromatic rings. The SMILES string of the molecule is CCC(CC)(CNC(C)c1cccnc1)NC(=O)OC(C)(C)C. The first-order valence-corrected chi connectivity index (χ1v) is 8.36. The highest BCUT2D eigenvalue weighted by molar-refractivity contribution is 5.68. The number of nitrogens with one attached hydrogen (secondary N) is 2. The van der Waals surface area contributed by atoms with Gasteiger partial charge < -0.3 is 15.4 Å². The van der Waals surface area contributed by atoms with Gasteiger partial charge in [-0.25, -0.2) is 4.79 Å². The molecular weight excluding hydrogens is 290 g/mol. The van der Waals surface area contributed by atoms with E-state index in [4.69, 9.17) is 4.74 Å². The number of amides is 1. The van der Waals surface area contributed by atoms with E-state index in [1.165, 1.54) is 0 Å². The van der Waals surface area contributed by atoms with Crippen molar-refractivity contribution in [1.29, 1.82) is 0 Å². The van der Waals surface area contributed by atoms with E-state index < -0.39 is 5.60 Å². The number of carbonyl (C=O) groups is 1. The molecule has 0 aliphatic heterocycles. The van der Waals surface area contributed by atoms with Crippen LogP contribution in [0.4, 0.5) is 4.79 Å². The average Bonchev–Trinajstić information content (AvgIpc) is 2.50. The predicted octanol–water partition coefficient (Wildman–Crippen LogP) is 3.82. The van der Waals surface area contributed by atoms with Crippen LogP contribution in [0.3, 0.4) is 0 Å². The second kappa shape index (κ2) is 8.29. The van der Waals surface area contributed by atoms with Gasteiger partial charge in [0.2, 0.25) is 0 Å².